The summed E-state index contributed by atoms with van der Waals surface area (Å²) in [4.78, 5) is 0. The van der Waals surface area contributed by atoms with Crippen molar-refractivity contribution in [3.05, 3.63) is 59.4 Å². The summed E-state index contributed by atoms with van der Waals surface area (Å²) >= 11 is 0. The highest BCUT2D eigenvalue weighted by Gasteiger charge is 2.35. The molecule has 0 nitrogen and oxygen atoms in total. The van der Waals surface area contributed by atoms with Gasteiger partial charge in [0.2, 0.25) is 0 Å². The van der Waals surface area contributed by atoms with Crippen LogP contribution in [0, 0.1) is 35.2 Å². The second kappa shape index (κ2) is 8.93. The Kier molecular flexibility index (Phi) is 6.32. The van der Waals surface area contributed by atoms with Crippen molar-refractivity contribution in [1.82, 2.24) is 0 Å². The first-order valence-electron chi connectivity index (χ1n) is 11.3. The zero-order valence-corrected chi connectivity index (χ0v) is 17.3. The summed E-state index contributed by atoms with van der Waals surface area (Å²) in [6.07, 6.45) is 11.6. The van der Waals surface area contributed by atoms with E-state index in [4.69, 9.17) is 0 Å². The van der Waals surface area contributed by atoms with Crippen LogP contribution in [0.2, 0.25) is 0 Å². The van der Waals surface area contributed by atoms with Gasteiger partial charge in [-0.1, -0.05) is 44.7 Å². The Bertz CT molecular complexity index is 824. The fourth-order valence-corrected chi connectivity index (χ4v) is 5.77. The normalized spacial score (nSPS) is 26.9. The summed E-state index contributed by atoms with van der Waals surface area (Å²) in [5, 5.41) is 0. The van der Waals surface area contributed by atoms with Gasteiger partial charge in [0.05, 0.1) is 0 Å². The largest absolute Gasteiger partial charge is 0.207 e. The summed E-state index contributed by atoms with van der Waals surface area (Å²) in [7, 11) is 0. The maximum absolute atomic E-state index is 14.8. The standard InChI is InChI=1S/C26H31F3/c1-2-3-4-17-5-6-19-12-20(8-7-18(19)11-17)21-9-10-25(26(29)15-21)22-13-23(27)16-24(28)14-22/h9-10,13-20H,2-8,11-12H2,1H3/t17?,18-,19-,20-/m1/s1. The van der Waals surface area contributed by atoms with Gasteiger partial charge in [-0.05, 0) is 85.1 Å². The lowest BCUT2D eigenvalue weighted by Crippen LogP contribution is -2.30. The van der Waals surface area contributed by atoms with Crippen LogP contribution < -0.4 is 0 Å². The molecule has 4 atom stereocenters. The molecule has 1 unspecified atom stereocenters. The van der Waals surface area contributed by atoms with Crippen molar-refractivity contribution in [3.63, 3.8) is 0 Å². The molecule has 3 heteroatoms. The molecule has 0 saturated heterocycles. The Morgan fingerprint density at radius 1 is 0.828 bits per heavy atom. The number of unbranched alkanes of at least 4 members (excludes halogenated alkanes) is 1. The lowest BCUT2D eigenvalue weighted by atomic mass is 9.63. The van der Waals surface area contributed by atoms with E-state index >= 15 is 0 Å². The van der Waals surface area contributed by atoms with Gasteiger partial charge in [0.25, 0.3) is 0 Å². The van der Waals surface area contributed by atoms with Crippen LogP contribution in [0.25, 0.3) is 11.1 Å². The van der Waals surface area contributed by atoms with Gasteiger partial charge < -0.3 is 0 Å². The zero-order valence-electron chi connectivity index (χ0n) is 17.3. The van der Waals surface area contributed by atoms with Crippen LogP contribution in [0.4, 0.5) is 13.2 Å². The van der Waals surface area contributed by atoms with E-state index in [1.54, 1.807) is 12.1 Å². The van der Waals surface area contributed by atoms with E-state index in [9.17, 15) is 13.2 Å². The van der Waals surface area contributed by atoms with Crippen molar-refractivity contribution >= 4 is 0 Å². The molecule has 0 amide bonds. The number of rotatable bonds is 5. The summed E-state index contributed by atoms with van der Waals surface area (Å²) < 4.78 is 41.8. The molecule has 0 heterocycles. The fraction of sp³-hybridized carbons (Fsp3) is 0.538. The smallest absolute Gasteiger partial charge is 0.131 e. The van der Waals surface area contributed by atoms with E-state index in [-0.39, 0.29) is 11.1 Å². The third-order valence-electron chi connectivity index (χ3n) is 7.33. The van der Waals surface area contributed by atoms with E-state index in [0.29, 0.717) is 5.92 Å². The molecule has 2 aliphatic carbocycles. The summed E-state index contributed by atoms with van der Waals surface area (Å²) in [6, 6.07) is 8.42. The number of halogens is 3. The Morgan fingerprint density at radius 2 is 1.55 bits per heavy atom. The highest BCUT2D eigenvalue weighted by Crippen LogP contribution is 2.48. The third-order valence-corrected chi connectivity index (χ3v) is 7.33. The van der Waals surface area contributed by atoms with Gasteiger partial charge in [-0.2, -0.15) is 0 Å². The van der Waals surface area contributed by atoms with Gasteiger partial charge in [0, 0.05) is 11.6 Å². The number of benzene rings is 2. The van der Waals surface area contributed by atoms with Crippen molar-refractivity contribution in [3.8, 4) is 11.1 Å². The molecule has 2 aromatic rings. The molecule has 0 N–H and O–H groups in total. The molecule has 156 valence electrons. The Morgan fingerprint density at radius 3 is 2.28 bits per heavy atom. The number of fused-ring (bicyclic) bond motifs is 1. The second-order valence-corrected chi connectivity index (χ2v) is 9.25. The van der Waals surface area contributed by atoms with Gasteiger partial charge in [0.15, 0.2) is 0 Å². The monoisotopic (exact) mass is 400 g/mol. The van der Waals surface area contributed by atoms with Gasteiger partial charge in [-0.15, -0.1) is 0 Å². The molecule has 2 aromatic carbocycles. The van der Waals surface area contributed by atoms with Crippen molar-refractivity contribution < 1.29 is 13.2 Å². The topological polar surface area (TPSA) is 0 Å². The SMILES string of the molecule is CCCCC1CC[C@@H]2C[C@H](c3ccc(-c4cc(F)cc(F)c4)c(F)c3)CC[C@@H]2C1. The highest BCUT2D eigenvalue weighted by atomic mass is 19.1. The Hall–Kier alpha value is -1.77. The van der Waals surface area contributed by atoms with Crippen LogP contribution in [0.1, 0.15) is 76.2 Å². The molecule has 4 rings (SSSR count). The second-order valence-electron chi connectivity index (χ2n) is 9.25. The number of hydrogen-bond donors (Lipinski definition) is 0. The molecule has 0 aromatic heterocycles. The predicted octanol–water partition coefficient (Wildman–Crippen LogP) is 8.26. The fourth-order valence-electron chi connectivity index (χ4n) is 5.77. The summed E-state index contributed by atoms with van der Waals surface area (Å²) in [5.41, 5.74) is 1.55. The average molecular weight is 401 g/mol. The van der Waals surface area contributed by atoms with Gasteiger partial charge >= 0.3 is 0 Å². The highest BCUT2D eigenvalue weighted by molar-refractivity contribution is 5.64. The molecular formula is C26H31F3. The molecule has 0 bridgehead atoms. The summed E-state index contributed by atoms with van der Waals surface area (Å²) in [6.45, 7) is 2.27. The molecule has 2 fully saturated rings. The van der Waals surface area contributed by atoms with Crippen LogP contribution in [0.15, 0.2) is 36.4 Å². The lowest BCUT2D eigenvalue weighted by Gasteiger charge is -2.42. The van der Waals surface area contributed by atoms with Crippen molar-refractivity contribution in [1.29, 1.82) is 0 Å². The molecule has 0 radical (unpaired) electrons. The maximum Gasteiger partial charge on any atom is 0.131 e. The van der Waals surface area contributed by atoms with E-state index < -0.39 is 17.5 Å². The van der Waals surface area contributed by atoms with Gasteiger partial charge in [-0.25, -0.2) is 13.2 Å². The van der Waals surface area contributed by atoms with E-state index in [0.717, 1.165) is 42.2 Å². The zero-order chi connectivity index (χ0) is 20.4. The van der Waals surface area contributed by atoms with Gasteiger partial charge in [0.1, 0.15) is 17.5 Å². The molecule has 29 heavy (non-hydrogen) atoms. The first-order chi connectivity index (χ1) is 14.0. The van der Waals surface area contributed by atoms with Crippen LogP contribution in [-0.4, -0.2) is 0 Å². The Labute approximate surface area is 172 Å². The minimum atomic E-state index is -0.684. The van der Waals surface area contributed by atoms with Crippen LogP contribution in [0.3, 0.4) is 0 Å². The third kappa shape index (κ3) is 4.70. The van der Waals surface area contributed by atoms with Crippen LogP contribution in [-0.2, 0) is 0 Å². The van der Waals surface area contributed by atoms with Crippen molar-refractivity contribution in [2.75, 3.05) is 0 Å². The lowest BCUT2D eigenvalue weighted by molar-refractivity contribution is 0.113. The quantitative estimate of drug-likeness (QED) is 0.474. The first-order valence-corrected chi connectivity index (χ1v) is 11.3. The minimum Gasteiger partial charge on any atom is -0.207 e. The average Bonchev–Trinajstić information content (AvgIpc) is 2.71. The molecule has 0 spiro atoms. The number of hydrogen-bond acceptors (Lipinski definition) is 0. The van der Waals surface area contributed by atoms with E-state index in [1.807, 2.05) is 6.07 Å². The van der Waals surface area contributed by atoms with E-state index in [2.05, 4.69) is 6.92 Å². The van der Waals surface area contributed by atoms with Crippen molar-refractivity contribution in [2.45, 2.75) is 70.6 Å². The minimum absolute atomic E-state index is 0.251. The predicted molar refractivity (Wildman–Crippen MR) is 112 cm³/mol. The van der Waals surface area contributed by atoms with Gasteiger partial charge in [-0.3, -0.25) is 0 Å². The molecular weight excluding hydrogens is 369 g/mol. The molecule has 2 saturated carbocycles. The van der Waals surface area contributed by atoms with Crippen molar-refractivity contribution in [2.24, 2.45) is 17.8 Å². The first kappa shape index (κ1) is 20.5. The maximum atomic E-state index is 14.8. The van der Waals surface area contributed by atoms with E-state index in [1.165, 1.54) is 57.1 Å². The Balaban J connectivity index is 1.44. The molecule has 0 aliphatic heterocycles. The molecule has 2 aliphatic rings. The summed E-state index contributed by atoms with van der Waals surface area (Å²) in [5.74, 6) is 1.17. The van der Waals surface area contributed by atoms with Crippen LogP contribution in [0.5, 0.6) is 0 Å². The van der Waals surface area contributed by atoms with Crippen LogP contribution >= 0.6 is 0 Å².